The van der Waals surface area contributed by atoms with Crippen LogP contribution < -0.4 is 19.1 Å². The Balaban J connectivity index is 1.83. The quantitative estimate of drug-likeness (QED) is 0.237. The summed E-state index contributed by atoms with van der Waals surface area (Å²) in [6, 6.07) is 13.1. The summed E-state index contributed by atoms with van der Waals surface area (Å²) >= 11 is 0. The van der Waals surface area contributed by atoms with Crippen molar-refractivity contribution in [1.82, 2.24) is 24.7 Å². The van der Waals surface area contributed by atoms with Crippen molar-refractivity contribution in [2.75, 3.05) is 44.0 Å². The molecule has 0 fully saturated rings. The van der Waals surface area contributed by atoms with E-state index >= 15 is 0 Å². The molecule has 0 spiro atoms. The second-order valence-corrected chi connectivity index (χ2v) is 11.6. The zero-order valence-corrected chi connectivity index (χ0v) is 25.7. The van der Waals surface area contributed by atoms with Crippen molar-refractivity contribution in [1.29, 1.82) is 0 Å². The van der Waals surface area contributed by atoms with E-state index in [1.165, 1.54) is 28.3 Å². The van der Waals surface area contributed by atoms with Crippen molar-refractivity contribution in [3.05, 3.63) is 66.2 Å². The number of benzene rings is 2. The lowest BCUT2D eigenvalue weighted by Gasteiger charge is -2.23. The normalized spacial score (nSPS) is 12.9. The number of ether oxygens (including phenoxy) is 3. The number of rotatable bonds is 13. The molecule has 2 atom stereocenters. The summed E-state index contributed by atoms with van der Waals surface area (Å²) in [5, 5.41) is 7.59. The van der Waals surface area contributed by atoms with Crippen molar-refractivity contribution in [2.45, 2.75) is 39.0 Å². The highest BCUT2D eigenvalue weighted by molar-refractivity contribution is 7.93. The summed E-state index contributed by atoms with van der Waals surface area (Å²) in [7, 11) is 0.357. The molecule has 0 aliphatic heterocycles. The SMILES string of the molecule is CCN(CC)c1ccc(-c2nnc(NS(=O)(=O)C(C)C(OC)c3ncc(C)cn3)n2-c2c(OC)cccc2OC)cc1. The van der Waals surface area contributed by atoms with Crippen LogP contribution in [0.5, 0.6) is 11.5 Å². The minimum absolute atomic E-state index is 0.0489. The zero-order chi connectivity index (χ0) is 30.4. The molecule has 13 heteroatoms. The predicted octanol–water partition coefficient (Wildman–Crippen LogP) is 4.41. The van der Waals surface area contributed by atoms with Gasteiger partial charge in [-0.25, -0.2) is 18.4 Å². The first-order chi connectivity index (χ1) is 20.2. The molecule has 2 aromatic carbocycles. The molecule has 2 heterocycles. The van der Waals surface area contributed by atoms with Crippen LogP contribution in [0.1, 0.15) is 38.3 Å². The highest BCUT2D eigenvalue weighted by Gasteiger charge is 2.35. The third kappa shape index (κ3) is 6.16. The van der Waals surface area contributed by atoms with Crippen molar-refractivity contribution in [3.8, 4) is 28.6 Å². The second-order valence-electron chi connectivity index (χ2n) is 9.54. The third-order valence-electron chi connectivity index (χ3n) is 7.00. The largest absolute Gasteiger partial charge is 0.494 e. The van der Waals surface area contributed by atoms with E-state index in [0.717, 1.165) is 24.3 Å². The van der Waals surface area contributed by atoms with Crippen LogP contribution in [0.25, 0.3) is 17.1 Å². The Hall–Kier alpha value is -4.23. The summed E-state index contributed by atoms with van der Waals surface area (Å²) in [4.78, 5) is 10.8. The number of aromatic nitrogens is 5. The molecule has 0 amide bonds. The van der Waals surface area contributed by atoms with Gasteiger partial charge in [-0.05, 0) is 69.7 Å². The molecule has 4 aromatic rings. The van der Waals surface area contributed by atoms with Gasteiger partial charge in [-0.2, -0.15) is 0 Å². The molecule has 224 valence electrons. The fraction of sp³-hybridized carbons (Fsp3) is 0.379. The van der Waals surface area contributed by atoms with E-state index < -0.39 is 21.4 Å². The Morgan fingerprint density at radius 1 is 0.929 bits per heavy atom. The molecule has 0 saturated carbocycles. The van der Waals surface area contributed by atoms with Crippen LogP contribution in [0.3, 0.4) is 0 Å². The molecule has 0 aliphatic carbocycles. The molecule has 0 radical (unpaired) electrons. The maximum Gasteiger partial charge on any atom is 0.243 e. The summed E-state index contributed by atoms with van der Waals surface area (Å²) < 4.78 is 48.6. The number of nitrogens with one attached hydrogen (secondary N) is 1. The Bertz CT molecular complexity index is 1570. The fourth-order valence-corrected chi connectivity index (χ4v) is 5.78. The van der Waals surface area contributed by atoms with Gasteiger partial charge in [-0.15, -0.1) is 10.2 Å². The number of aryl methyl sites for hydroxylation is 1. The highest BCUT2D eigenvalue weighted by atomic mass is 32.2. The van der Waals surface area contributed by atoms with Crippen molar-refractivity contribution in [2.24, 2.45) is 0 Å². The van der Waals surface area contributed by atoms with Crippen molar-refractivity contribution >= 4 is 21.7 Å². The Labute approximate surface area is 246 Å². The van der Waals surface area contributed by atoms with Crippen LogP contribution in [0.2, 0.25) is 0 Å². The zero-order valence-electron chi connectivity index (χ0n) is 24.9. The standard InChI is InChI=1S/C29H37N7O5S/c1-8-35(9-2)22-15-13-21(14-16-22)28-32-33-29(36(28)25-23(39-5)11-10-12-24(25)40-6)34-42(37,38)20(4)26(41-7)27-30-17-19(3)18-31-27/h10-18,20,26H,8-9H2,1-7H3,(H,33,34). The monoisotopic (exact) mass is 595 g/mol. The highest BCUT2D eigenvalue weighted by Crippen LogP contribution is 2.38. The molecule has 1 N–H and O–H groups in total. The van der Waals surface area contributed by atoms with Gasteiger partial charge < -0.3 is 19.1 Å². The van der Waals surface area contributed by atoms with E-state index in [-0.39, 0.29) is 11.8 Å². The number of methoxy groups -OCH3 is 3. The van der Waals surface area contributed by atoms with E-state index in [0.29, 0.717) is 28.6 Å². The summed E-state index contributed by atoms with van der Waals surface area (Å²) in [6.45, 7) is 9.30. The molecular weight excluding hydrogens is 558 g/mol. The summed E-state index contributed by atoms with van der Waals surface area (Å²) in [5.41, 5.74) is 3.06. The van der Waals surface area contributed by atoms with Crippen LogP contribution in [-0.2, 0) is 14.8 Å². The molecule has 0 bridgehead atoms. The average molecular weight is 596 g/mol. The summed E-state index contributed by atoms with van der Waals surface area (Å²) in [6.07, 6.45) is 2.29. The van der Waals surface area contributed by atoms with Crippen LogP contribution in [0, 0.1) is 6.92 Å². The van der Waals surface area contributed by atoms with E-state index in [9.17, 15) is 8.42 Å². The molecule has 0 aliphatic rings. The molecule has 4 rings (SSSR count). The van der Waals surface area contributed by atoms with Gasteiger partial charge in [0, 0.05) is 43.8 Å². The van der Waals surface area contributed by atoms with Crippen LogP contribution in [0.4, 0.5) is 11.6 Å². The number of sulfonamides is 1. The van der Waals surface area contributed by atoms with Crippen LogP contribution in [0.15, 0.2) is 54.9 Å². The van der Waals surface area contributed by atoms with Gasteiger partial charge in [0.1, 0.15) is 28.5 Å². The molecule has 12 nitrogen and oxygen atoms in total. The van der Waals surface area contributed by atoms with E-state index in [4.69, 9.17) is 14.2 Å². The topological polar surface area (TPSA) is 134 Å². The Morgan fingerprint density at radius 3 is 2.05 bits per heavy atom. The molecule has 0 saturated heterocycles. The maximum atomic E-state index is 13.8. The third-order valence-corrected chi connectivity index (χ3v) is 8.69. The minimum Gasteiger partial charge on any atom is -0.494 e. The van der Waals surface area contributed by atoms with Gasteiger partial charge in [0.25, 0.3) is 0 Å². The smallest absolute Gasteiger partial charge is 0.243 e. The van der Waals surface area contributed by atoms with E-state index in [1.807, 2.05) is 31.2 Å². The van der Waals surface area contributed by atoms with Crippen molar-refractivity contribution < 1.29 is 22.6 Å². The first-order valence-corrected chi connectivity index (χ1v) is 15.1. The van der Waals surface area contributed by atoms with Gasteiger partial charge >= 0.3 is 0 Å². The number of nitrogens with zero attached hydrogens (tertiary/aromatic N) is 6. The molecule has 2 aromatic heterocycles. The number of para-hydroxylation sites is 1. The second kappa shape index (κ2) is 13.2. The fourth-order valence-electron chi connectivity index (χ4n) is 4.65. The lowest BCUT2D eigenvalue weighted by atomic mass is 10.1. The molecular formula is C29H37N7O5S. The lowest BCUT2D eigenvalue weighted by Crippen LogP contribution is -2.33. The van der Waals surface area contributed by atoms with E-state index in [1.54, 1.807) is 35.2 Å². The molecule has 42 heavy (non-hydrogen) atoms. The van der Waals surface area contributed by atoms with E-state index in [2.05, 4.69) is 43.6 Å². The number of anilines is 2. The van der Waals surface area contributed by atoms with Gasteiger partial charge in [-0.1, -0.05) is 6.07 Å². The van der Waals surface area contributed by atoms with Gasteiger partial charge in [0.05, 0.1) is 14.2 Å². The maximum absolute atomic E-state index is 13.8. The van der Waals surface area contributed by atoms with Crippen LogP contribution >= 0.6 is 0 Å². The van der Waals surface area contributed by atoms with Crippen molar-refractivity contribution in [3.63, 3.8) is 0 Å². The van der Waals surface area contributed by atoms with Gasteiger partial charge in [0.2, 0.25) is 16.0 Å². The predicted molar refractivity (Wildman–Crippen MR) is 162 cm³/mol. The number of hydrogen-bond donors (Lipinski definition) is 1. The van der Waals surface area contributed by atoms with Crippen LogP contribution in [-0.4, -0.2) is 72.8 Å². The summed E-state index contributed by atoms with van der Waals surface area (Å²) in [5.74, 6) is 1.47. The Kier molecular flexibility index (Phi) is 9.63. The average Bonchev–Trinajstić information content (AvgIpc) is 3.40. The van der Waals surface area contributed by atoms with Gasteiger partial charge in [-0.3, -0.25) is 9.29 Å². The first kappa shape index (κ1) is 30.7. The number of hydrogen-bond acceptors (Lipinski definition) is 10. The Morgan fingerprint density at radius 2 is 1.52 bits per heavy atom. The first-order valence-electron chi connectivity index (χ1n) is 13.5. The molecule has 2 unspecified atom stereocenters. The lowest BCUT2D eigenvalue weighted by molar-refractivity contribution is 0.0949. The minimum atomic E-state index is -4.11. The van der Waals surface area contributed by atoms with Gasteiger partial charge in [0.15, 0.2) is 11.6 Å².